The van der Waals surface area contributed by atoms with Gasteiger partial charge in [-0.15, -0.1) is 0 Å². The molecule has 90 valence electrons. The minimum atomic E-state index is -3.14. The van der Waals surface area contributed by atoms with Crippen LogP contribution in [0.2, 0.25) is 0 Å². The van der Waals surface area contributed by atoms with Gasteiger partial charge in [-0.05, 0) is 24.1 Å². The first-order valence-electron chi connectivity index (χ1n) is 4.73. The van der Waals surface area contributed by atoms with Crippen LogP contribution < -0.4 is 11.3 Å². The van der Waals surface area contributed by atoms with Crippen molar-refractivity contribution in [3.8, 4) is 0 Å². The van der Waals surface area contributed by atoms with Crippen molar-refractivity contribution in [2.75, 3.05) is 12.0 Å². The molecule has 3 N–H and O–H groups in total. The van der Waals surface area contributed by atoms with Gasteiger partial charge in [0.1, 0.15) is 15.7 Å². The Labute approximate surface area is 94.5 Å². The normalized spacial score (nSPS) is 13.8. The quantitative estimate of drug-likeness (QED) is 0.605. The van der Waals surface area contributed by atoms with Gasteiger partial charge in [0.15, 0.2) is 0 Å². The molecule has 0 fully saturated rings. The molecule has 1 atom stereocenters. The van der Waals surface area contributed by atoms with Gasteiger partial charge in [0.25, 0.3) is 0 Å². The van der Waals surface area contributed by atoms with E-state index in [-0.39, 0.29) is 11.6 Å². The molecule has 0 aliphatic heterocycles. The summed E-state index contributed by atoms with van der Waals surface area (Å²) in [6.45, 7) is 1.62. The van der Waals surface area contributed by atoms with E-state index in [2.05, 4.69) is 5.43 Å². The average Bonchev–Trinajstić information content (AvgIpc) is 2.17. The monoisotopic (exact) mass is 246 g/mol. The lowest BCUT2D eigenvalue weighted by Gasteiger charge is -2.15. The van der Waals surface area contributed by atoms with Crippen molar-refractivity contribution in [1.29, 1.82) is 0 Å². The SMILES string of the molecule is Cc1cc(C(CS(C)(=O)=O)NN)ccc1F. The molecule has 6 heteroatoms. The van der Waals surface area contributed by atoms with Gasteiger partial charge in [-0.3, -0.25) is 11.3 Å². The Bertz CT molecular complexity index is 474. The number of halogens is 1. The number of aryl methyl sites for hydroxylation is 1. The van der Waals surface area contributed by atoms with Crippen LogP contribution in [-0.4, -0.2) is 20.4 Å². The first-order chi connectivity index (χ1) is 7.33. The smallest absolute Gasteiger partial charge is 0.149 e. The molecule has 0 radical (unpaired) electrons. The maximum atomic E-state index is 13.0. The summed E-state index contributed by atoms with van der Waals surface area (Å²) < 4.78 is 35.3. The van der Waals surface area contributed by atoms with E-state index in [0.717, 1.165) is 6.26 Å². The van der Waals surface area contributed by atoms with Crippen LogP contribution in [0.4, 0.5) is 4.39 Å². The van der Waals surface area contributed by atoms with E-state index >= 15 is 0 Å². The number of hydrazine groups is 1. The van der Waals surface area contributed by atoms with E-state index in [1.165, 1.54) is 12.1 Å². The maximum Gasteiger partial charge on any atom is 0.149 e. The third-order valence-corrected chi connectivity index (χ3v) is 3.19. The van der Waals surface area contributed by atoms with Gasteiger partial charge in [0, 0.05) is 6.26 Å². The summed E-state index contributed by atoms with van der Waals surface area (Å²) >= 11 is 0. The molecular formula is C10H15FN2O2S. The number of sulfone groups is 1. The molecule has 1 unspecified atom stereocenters. The first kappa shape index (κ1) is 13.1. The molecule has 0 bridgehead atoms. The van der Waals surface area contributed by atoms with Gasteiger partial charge < -0.3 is 0 Å². The molecule has 16 heavy (non-hydrogen) atoms. The van der Waals surface area contributed by atoms with Crippen molar-refractivity contribution in [2.24, 2.45) is 5.84 Å². The van der Waals surface area contributed by atoms with Crippen molar-refractivity contribution >= 4 is 9.84 Å². The Balaban J connectivity index is 3.00. The molecule has 0 saturated carbocycles. The number of nitrogens with one attached hydrogen (secondary N) is 1. The molecule has 0 heterocycles. The summed E-state index contributed by atoms with van der Waals surface area (Å²) in [6, 6.07) is 3.90. The third-order valence-electron chi connectivity index (χ3n) is 2.25. The predicted octanol–water partition coefficient (Wildman–Crippen LogP) is 0.683. The van der Waals surface area contributed by atoms with Gasteiger partial charge in [0.2, 0.25) is 0 Å². The van der Waals surface area contributed by atoms with Crippen molar-refractivity contribution < 1.29 is 12.8 Å². The van der Waals surface area contributed by atoms with E-state index in [1.54, 1.807) is 13.0 Å². The van der Waals surface area contributed by atoms with Crippen LogP contribution in [0.25, 0.3) is 0 Å². The zero-order chi connectivity index (χ0) is 12.3. The number of benzene rings is 1. The van der Waals surface area contributed by atoms with Crippen LogP contribution in [0.3, 0.4) is 0 Å². The minimum absolute atomic E-state index is 0.116. The van der Waals surface area contributed by atoms with E-state index in [4.69, 9.17) is 5.84 Å². The van der Waals surface area contributed by atoms with Gasteiger partial charge >= 0.3 is 0 Å². The standard InChI is InChI=1S/C10H15FN2O2S/c1-7-5-8(3-4-9(7)11)10(13-12)6-16(2,14)15/h3-5,10,13H,6,12H2,1-2H3. The Morgan fingerprint density at radius 3 is 2.56 bits per heavy atom. The Hall–Kier alpha value is -0.980. The summed E-state index contributed by atoms with van der Waals surface area (Å²) in [5.41, 5.74) is 3.54. The third kappa shape index (κ3) is 3.55. The lowest BCUT2D eigenvalue weighted by atomic mass is 10.1. The topological polar surface area (TPSA) is 72.2 Å². The van der Waals surface area contributed by atoms with Crippen molar-refractivity contribution in [3.05, 3.63) is 35.1 Å². The van der Waals surface area contributed by atoms with Crippen molar-refractivity contribution in [1.82, 2.24) is 5.43 Å². The summed E-state index contributed by atoms with van der Waals surface area (Å²) in [7, 11) is -3.14. The van der Waals surface area contributed by atoms with Crippen molar-refractivity contribution in [2.45, 2.75) is 13.0 Å². The van der Waals surface area contributed by atoms with Crippen molar-refractivity contribution in [3.63, 3.8) is 0 Å². The van der Waals surface area contributed by atoms with Crippen LogP contribution in [0, 0.1) is 12.7 Å². The molecule has 0 aliphatic carbocycles. The molecule has 0 amide bonds. The lowest BCUT2D eigenvalue weighted by Crippen LogP contribution is -2.33. The minimum Gasteiger partial charge on any atom is -0.271 e. The van der Waals surface area contributed by atoms with E-state index in [9.17, 15) is 12.8 Å². The highest BCUT2D eigenvalue weighted by atomic mass is 32.2. The second-order valence-corrected chi connectivity index (χ2v) is 6.01. The van der Waals surface area contributed by atoms with E-state index < -0.39 is 15.9 Å². The predicted molar refractivity (Wildman–Crippen MR) is 60.9 cm³/mol. The molecule has 0 spiro atoms. The summed E-state index contributed by atoms with van der Waals surface area (Å²) in [6.07, 6.45) is 1.13. The number of hydrogen-bond donors (Lipinski definition) is 2. The zero-order valence-corrected chi connectivity index (χ0v) is 10.0. The molecule has 4 nitrogen and oxygen atoms in total. The highest BCUT2D eigenvalue weighted by Crippen LogP contribution is 2.17. The number of rotatable bonds is 4. The number of hydrogen-bond acceptors (Lipinski definition) is 4. The van der Waals surface area contributed by atoms with Crippen LogP contribution >= 0.6 is 0 Å². The fourth-order valence-electron chi connectivity index (χ4n) is 1.43. The van der Waals surface area contributed by atoms with Crippen LogP contribution in [0.1, 0.15) is 17.2 Å². The maximum absolute atomic E-state index is 13.0. The fraction of sp³-hybridized carbons (Fsp3) is 0.400. The van der Waals surface area contributed by atoms with Crippen LogP contribution in [0.15, 0.2) is 18.2 Å². The molecule has 0 aromatic heterocycles. The zero-order valence-electron chi connectivity index (χ0n) is 9.20. The fourth-order valence-corrected chi connectivity index (χ4v) is 2.32. The summed E-state index contributed by atoms with van der Waals surface area (Å²) in [5.74, 6) is 4.85. The average molecular weight is 246 g/mol. The Kier molecular flexibility index (Phi) is 4.01. The molecule has 1 aromatic carbocycles. The van der Waals surface area contributed by atoms with Gasteiger partial charge in [-0.2, -0.15) is 0 Å². The van der Waals surface area contributed by atoms with Gasteiger partial charge in [-0.1, -0.05) is 12.1 Å². The lowest BCUT2D eigenvalue weighted by molar-refractivity contribution is 0.562. The first-order valence-corrected chi connectivity index (χ1v) is 6.79. The molecule has 0 saturated heterocycles. The molecule has 0 aliphatic rings. The molecular weight excluding hydrogens is 231 g/mol. The van der Waals surface area contributed by atoms with Crippen LogP contribution in [-0.2, 0) is 9.84 Å². The molecule has 1 rings (SSSR count). The van der Waals surface area contributed by atoms with Gasteiger partial charge in [0.05, 0.1) is 11.8 Å². The van der Waals surface area contributed by atoms with E-state index in [0.29, 0.717) is 11.1 Å². The second kappa shape index (κ2) is 4.90. The largest absolute Gasteiger partial charge is 0.271 e. The Morgan fingerprint density at radius 1 is 1.50 bits per heavy atom. The van der Waals surface area contributed by atoms with E-state index in [1.807, 2.05) is 0 Å². The molecule has 1 aromatic rings. The second-order valence-electron chi connectivity index (χ2n) is 3.82. The summed E-state index contributed by atoms with van der Waals surface area (Å²) in [4.78, 5) is 0. The Morgan fingerprint density at radius 2 is 2.12 bits per heavy atom. The van der Waals surface area contributed by atoms with Crippen LogP contribution in [0.5, 0.6) is 0 Å². The highest BCUT2D eigenvalue weighted by Gasteiger charge is 2.16. The van der Waals surface area contributed by atoms with Gasteiger partial charge in [-0.25, -0.2) is 12.8 Å². The number of nitrogens with two attached hydrogens (primary N) is 1. The highest BCUT2D eigenvalue weighted by molar-refractivity contribution is 7.90. The summed E-state index contributed by atoms with van der Waals surface area (Å²) in [5, 5.41) is 0.